The number of carboxylic acid groups (broad SMARTS) is 1. The van der Waals surface area contributed by atoms with E-state index in [1.165, 1.54) is 11.6 Å². The minimum absolute atomic E-state index is 0.266. The van der Waals surface area contributed by atoms with E-state index in [9.17, 15) is 14.7 Å². The summed E-state index contributed by atoms with van der Waals surface area (Å²) < 4.78 is 6.53. The molecule has 1 aromatic heterocycles. The maximum atomic E-state index is 12.8. The van der Waals surface area contributed by atoms with E-state index in [-0.39, 0.29) is 11.4 Å². The SMILES string of the molecule is COc1ccc(-c2c(N(C)C(=O)O)n(C)c(=O)c3ccc(Cl)cc23)cc1. The summed E-state index contributed by atoms with van der Waals surface area (Å²) in [5.74, 6) is 0.941. The Hall–Kier alpha value is -2.99. The number of fused-ring (bicyclic) bond motifs is 1. The van der Waals surface area contributed by atoms with Gasteiger partial charge in [0, 0.05) is 35.5 Å². The van der Waals surface area contributed by atoms with Crippen LogP contribution in [0.2, 0.25) is 5.02 Å². The normalized spacial score (nSPS) is 10.8. The molecule has 1 amide bonds. The molecule has 26 heavy (non-hydrogen) atoms. The highest BCUT2D eigenvalue weighted by atomic mass is 35.5. The summed E-state index contributed by atoms with van der Waals surface area (Å²) in [6.45, 7) is 0. The molecule has 0 bridgehead atoms. The molecule has 3 aromatic rings. The maximum Gasteiger partial charge on any atom is 0.412 e. The summed E-state index contributed by atoms with van der Waals surface area (Å²) in [5, 5.41) is 11.0. The van der Waals surface area contributed by atoms with Gasteiger partial charge in [-0.2, -0.15) is 0 Å². The molecule has 7 heteroatoms. The fraction of sp³-hybridized carbons (Fsp3) is 0.158. The Morgan fingerprint density at radius 1 is 1.15 bits per heavy atom. The summed E-state index contributed by atoms with van der Waals surface area (Å²) in [6, 6.07) is 12.2. The molecule has 0 atom stereocenters. The second-order valence-electron chi connectivity index (χ2n) is 5.82. The van der Waals surface area contributed by atoms with Crippen molar-refractivity contribution in [1.82, 2.24) is 4.57 Å². The molecule has 0 spiro atoms. The van der Waals surface area contributed by atoms with Gasteiger partial charge in [0.1, 0.15) is 11.6 Å². The molecule has 1 N–H and O–H groups in total. The molecule has 0 saturated carbocycles. The molecule has 134 valence electrons. The monoisotopic (exact) mass is 372 g/mol. The van der Waals surface area contributed by atoms with Crippen molar-refractivity contribution in [3.05, 3.63) is 57.8 Å². The van der Waals surface area contributed by atoms with Crippen LogP contribution in [0.1, 0.15) is 0 Å². The lowest BCUT2D eigenvalue weighted by molar-refractivity contribution is 0.203. The minimum Gasteiger partial charge on any atom is -0.497 e. The molecule has 0 aliphatic heterocycles. The van der Waals surface area contributed by atoms with Crippen LogP contribution >= 0.6 is 11.6 Å². The van der Waals surface area contributed by atoms with Gasteiger partial charge in [0.05, 0.1) is 7.11 Å². The molecule has 0 aliphatic rings. The van der Waals surface area contributed by atoms with Crippen molar-refractivity contribution in [2.24, 2.45) is 7.05 Å². The summed E-state index contributed by atoms with van der Waals surface area (Å²) in [5.41, 5.74) is 1.06. The first-order valence-corrected chi connectivity index (χ1v) is 8.16. The third kappa shape index (κ3) is 2.88. The first-order valence-electron chi connectivity index (χ1n) is 7.78. The van der Waals surface area contributed by atoms with E-state index in [0.29, 0.717) is 27.1 Å². The Morgan fingerprint density at radius 2 is 1.81 bits per heavy atom. The van der Waals surface area contributed by atoms with Crippen molar-refractivity contribution in [3.63, 3.8) is 0 Å². The van der Waals surface area contributed by atoms with Crippen molar-refractivity contribution in [2.75, 3.05) is 19.1 Å². The molecule has 2 aromatic carbocycles. The van der Waals surface area contributed by atoms with Gasteiger partial charge < -0.3 is 9.84 Å². The number of benzene rings is 2. The van der Waals surface area contributed by atoms with Crippen LogP contribution in [0.4, 0.5) is 10.6 Å². The zero-order valence-corrected chi connectivity index (χ0v) is 15.2. The Labute approximate surface area is 154 Å². The number of anilines is 1. The number of nitrogens with zero attached hydrogens (tertiary/aromatic N) is 2. The second kappa shape index (κ2) is 6.72. The quantitative estimate of drug-likeness (QED) is 0.754. The second-order valence-corrected chi connectivity index (χ2v) is 6.26. The molecule has 0 fully saturated rings. The number of ether oxygens (including phenoxy) is 1. The zero-order valence-electron chi connectivity index (χ0n) is 14.5. The van der Waals surface area contributed by atoms with Crippen LogP contribution in [0.15, 0.2) is 47.3 Å². The summed E-state index contributed by atoms with van der Waals surface area (Å²) >= 11 is 6.15. The van der Waals surface area contributed by atoms with Crippen molar-refractivity contribution in [3.8, 4) is 16.9 Å². The molecule has 0 aliphatic carbocycles. The molecule has 0 saturated heterocycles. The van der Waals surface area contributed by atoms with E-state index in [4.69, 9.17) is 16.3 Å². The molecule has 1 heterocycles. The molecule has 6 nitrogen and oxygen atoms in total. The standard InChI is InChI=1S/C19H17ClN2O4/c1-21-17(22(2)19(24)25)16(11-4-7-13(26-3)8-5-11)15-10-12(20)6-9-14(15)18(21)23/h4-10H,1-3H3,(H,24,25). The van der Waals surface area contributed by atoms with E-state index in [2.05, 4.69) is 0 Å². The van der Waals surface area contributed by atoms with Gasteiger partial charge in [-0.25, -0.2) is 4.79 Å². The Balaban J connectivity index is 2.48. The summed E-state index contributed by atoms with van der Waals surface area (Å²) in [7, 11) is 4.53. The van der Waals surface area contributed by atoms with E-state index < -0.39 is 6.09 Å². The predicted molar refractivity (Wildman–Crippen MR) is 103 cm³/mol. The Morgan fingerprint density at radius 3 is 2.38 bits per heavy atom. The maximum absolute atomic E-state index is 12.8. The van der Waals surface area contributed by atoms with Gasteiger partial charge in [-0.1, -0.05) is 23.7 Å². The highest BCUT2D eigenvalue weighted by Gasteiger charge is 2.22. The van der Waals surface area contributed by atoms with Crippen molar-refractivity contribution in [2.45, 2.75) is 0 Å². The third-order valence-electron chi connectivity index (χ3n) is 4.31. The van der Waals surface area contributed by atoms with Crippen LogP contribution in [0, 0.1) is 0 Å². The fourth-order valence-corrected chi connectivity index (χ4v) is 3.17. The van der Waals surface area contributed by atoms with E-state index in [1.54, 1.807) is 44.5 Å². The summed E-state index contributed by atoms with van der Waals surface area (Å²) in [4.78, 5) is 25.4. The first kappa shape index (κ1) is 17.8. The Bertz CT molecular complexity index is 1060. The van der Waals surface area contributed by atoms with Crippen LogP contribution in [-0.4, -0.2) is 29.9 Å². The Kier molecular flexibility index (Phi) is 4.61. The molecular weight excluding hydrogens is 356 g/mol. The minimum atomic E-state index is -1.17. The lowest BCUT2D eigenvalue weighted by Gasteiger charge is -2.23. The van der Waals surface area contributed by atoms with E-state index in [1.807, 2.05) is 12.1 Å². The van der Waals surface area contributed by atoms with Crippen LogP contribution in [0.5, 0.6) is 5.75 Å². The number of methoxy groups -OCH3 is 1. The van der Waals surface area contributed by atoms with Gasteiger partial charge in [-0.3, -0.25) is 14.3 Å². The van der Waals surface area contributed by atoms with Gasteiger partial charge in [-0.15, -0.1) is 0 Å². The highest BCUT2D eigenvalue weighted by Crippen LogP contribution is 2.37. The number of hydrogen-bond donors (Lipinski definition) is 1. The predicted octanol–water partition coefficient (Wildman–Crippen LogP) is 3.98. The molecule has 0 unspecified atom stereocenters. The van der Waals surface area contributed by atoms with Gasteiger partial charge >= 0.3 is 6.09 Å². The number of halogens is 1. The molecule has 3 rings (SSSR count). The third-order valence-corrected chi connectivity index (χ3v) is 4.55. The number of amides is 1. The van der Waals surface area contributed by atoms with Gasteiger partial charge in [0.2, 0.25) is 0 Å². The van der Waals surface area contributed by atoms with E-state index >= 15 is 0 Å². The van der Waals surface area contributed by atoms with Crippen LogP contribution in [0.25, 0.3) is 21.9 Å². The average molecular weight is 373 g/mol. The van der Waals surface area contributed by atoms with Gasteiger partial charge in [0.25, 0.3) is 5.56 Å². The molecule has 0 radical (unpaired) electrons. The van der Waals surface area contributed by atoms with Crippen molar-refractivity contribution >= 4 is 34.3 Å². The first-order chi connectivity index (χ1) is 12.3. The van der Waals surface area contributed by atoms with Gasteiger partial charge in [-0.05, 0) is 35.9 Å². The number of aromatic nitrogens is 1. The number of carbonyl (C=O) groups is 1. The van der Waals surface area contributed by atoms with Crippen molar-refractivity contribution in [1.29, 1.82) is 0 Å². The van der Waals surface area contributed by atoms with Crippen molar-refractivity contribution < 1.29 is 14.6 Å². The fourth-order valence-electron chi connectivity index (χ4n) is 3.00. The smallest absolute Gasteiger partial charge is 0.412 e. The summed E-state index contributed by atoms with van der Waals surface area (Å²) in [6.07, 6.45) is -1.17. The largest absolute Gasteiger partial charge is 0.497 e. The lowest BCUT2D eigenvalue weighted by Crippen LogP contribution is -2.32. The lowest BCUT2D eigenvalue weighted by atomic mass is 9.98. The number of rotatable bonds is 3. The van der Waals surface area contributed by atoms with Gasteiger partial charge in [0.15, 0.2) is 0 Å². The number of pyridine rings is 1. The molecular formula is C19H17ClN2O4. The highest BCUT2D eigenvalue weighted by molar-refractivity contribution is 6.31. The average Bonchev–Trinajstić information content (AvgIpc) is 2.63. The van der Waals surface area contributed by atoms with Crippen LogP contribution in [-0.2, 0) is 7.05 Å². The topological polar surface area (TPSA) is 71.8 Å². The number of hydrogen-bond acceptors (Lipinski definition) is 3. The van der Waals surface area contributed by atoms with E-state index in [0.717, 1.165) is 10.5 Å². The zero-order chi connectivity index (χ0) is 19.0. The van der Waals surface area contributed by atoms with Crippen LogP contribution in [0.3, 0.4) is 0 Å². The van der Waals surface area contributed by atoms with Crippen LogP contribution < -0.4 is 15.2 Å².